The lowest BCUT2D eigenvalue weighted by atomic mass is 10.1. The molecule has 2 N–H and O–H groups in total. The number of hydrogen-bond acceptors (Lipinski definition) is 3. The quantitative estimate of drug-likeness (QED) is 0.372. The lowest BCUT2D eigenvalue weighted by Gasteiger charge is -2.15. The molecule has 0 unspecified atom stereocenters. The highest BCUT2D eigenvalue weighted by molar-refractivity contribution is 14.0. The highest BCUT2D eigenvalue weighted by Gasteiger charge is 2.22. The van der Waals surface area contributed by atoms with Crippen LogP contribution in [0, 0.1) is 12.8 Å². The lowest BCUT2D eigenvalue weighted by Crippen LogP contribution is -2.36. The first kappa shape index (κ1) is 20.5. The number of nitrogens with zero attached hydrogens (tertiary/aromatic N) is 3. The predicted octanol–water partition coefficient (Wildman–Crippen LogP) is 3.00. The molecule has 1 fully saturated rings. The van der Waals surface area contributed by atoms with Crippen LogP contribution in [0.4, 0.5) is 0 Å². The summed E-state index contributed by atoms with van der Waals surface area (Å²) in [7, 11) is 3.69. The summed E-state index contributed by atoms with van der Waals surface area (Å²) in [5.41, 5.74) is 3.48. The van der Waals surface area contributed by atoms with Crippen molar-refractivity contribution in [2.45, 2.75) is 32.9 Å². The first-order valence-electron chi connectivity index (χ1n) is 8.78. The van der Waals surface area contributed by atoms with Gasteiger partial charge < -0.3 is 15.4 Å². The highest BCUT2D eigenvalue weighted by atomic mass is 127. The van der Waals surface area contributed by atoms with Crippen molar-refractivity contribution in [3.63, 3.8) is 0 Å². The first-order valence-corrected chi connectivity index (χ1v) is 8.78. The number of rotatable bonds is 7. The number of benzene rings is 1. The largest absolute Gasteiger partial charge is 0.493 e. The number of aromatic nitrogens is 2. The van der Waals surface area contributed by atoms with Crippen molar-refractivity contribution in [2.75, 3.05) is 13.7 Å². The van der Waals surface area contributed by atoms with Crippen LogP contribution >= 0.6 is 24.0 Å². The summed E-state index contributed by atoms with van der Waals surface area (Å²) >= 11 is 0. The van der Waals surface area contributed by atoms with E-state index in [9.17, 15) is 0 Å². The van der Waals surface area contributed by atoms with Gasteiger partial charge in [0.25, 0.3) is 0 Å². The molecule has 1 aromatic carbocycles. The summed E-state index contributed by atoms with van der Waals surface area (Å²) in [6, 6.07) is 6.36. The Labute approximate surface area is 172 Å². The van der Waals surface area contributed by atoms with Crippen molar-refractivity contribution < 1.29 is 4.74 Å². The minimum atomic E-state index is 0. The predicted molar refractivity (Wildman–Crippen MR) is 115 cm³/mol. The molecule has 1 aliphatic rings. The molecule has 142 valence electrons. The summed E-state index contributed by atoms with van der Waals surface area (Å²) in [6.45, 7) is 4.28. The second-order valence-corrected chi connectivity index (χ2v) is 6.67. The first-order chi connectivity index (χ1) is 12.1. The third-order valence-electron chi connectivity index (χ3n) is 4.28. The van der Waals surface area contributed by atoms with Crippen molar-refractivity contribution in [1.82, 2.24) is 20.4 Å². The molecule has 1 saturated carbocycles. The molecule has 7 heteroatoms. The Kier molecular flexibility index (Phi) is 7.74. The van der Waals surface area contributed by atoms with Crippen LogP contribution in [0.25, 0.3) is 0 Å². The van der Waals surface area contributed by atoms with Crippen LogP contribution in [0.15, 0.2) is 35.6 Å². The zero-order valence-corrected chi connectivity index (χ0v) is 18.0. The average Bonchev–Trinajstić information content (AvgIpc) is 3.35. The molecule has 0 saturated heterocycles. The van der Waals surface area contributed by atoms with Crippen LogP contribution in [0.5, 0.6) is 5.75 Å². The summed E-state index contributed by atoms with van der Waals surface area (Å²) in [4.78, 5) is 4.28. The summed E-state index contributed by atoms with van der Waals surface area (Å²) in [5.74, 6) is 2.48. The van der Waals surface area contributed by atoms with Crippen LogP contribution in [0.2, 0.25) is 0 Å². The van der Waals surface area contributed by atoms with Gasteiger partial charge in [0, 0.05) is 44.5 Å². The molecule has 1 aromatic heterocycles. The number of aliphatic imine (C=N–C) groups is 1. The van der Waals surface area contributed by atoms with Gasteiger partial charge in [-0.2, -0.15) is 5.10 Å². The van der Waals surface area contributed by atoms with Crippen molar-refractivity contribution in [1.29, 1.82) is 0 Å². The molecule has 0 atom stereocenters. The van der Waals surface area contributed by atoms with E-state index in [4.69, 9.17) is 4.74 Å². The Balaban J connectivity index is 0.00000243. The normalized spacial score (nSPS) is 13.9. The summed E-state index contributed by atoms with van der Waals surface area (Å²) in [5, 5.41) is 10.8. The third kappa shape index (κ3) is 6.19. The zero-order chi connectivity index (χ0) is 17.6. The summed E-state index contributed by atoms with van der Waals surface area (Å²) in [6.07, 6.45) is 6.43. The number of hydrogen-bond donors (Lipinski definition) is 2. The van der Waals surface area contributed by atoms with Gasteiger partial charge in [0.1, 0.15) is 5.75 Å². The van der Waals surface area contributed by atoms with E-state index < -0.39 is 0 Å². The number of nitrogens with one attached hydrogen (secondary N) is 2. The molecule has 0 bridgehead atoms. The Bertz CT molecular complexity index is 739. The van der Waals surface area contributed by atoms with Crippen LogP contribution in [-0.2, 0) is 20.1 Å². The molecule has 6 nitrogen and oxygen atoms in total. The van der Waals surface area contributed by atoms with Crippen LogP contribution < -0.4 is 15.4 Å². The second-order valence-electron chi connectivity index (χ2n) is 6.67. The molecule has 3 rings (SSSR count). The van der Waals surface area contributed by atoms with Gasteiger partial charge in [-0.15, -0.1) is 24.0 Å². The van der Waals surface area contributed by atoms with Crippen LogP contribution in [0.3, 0.4) is 0 Å². The van der Waals surface area contributed by atoms with Gasteiger partial charge in [0.2, 0.25) is 0 Å². The fraction of sp³-hybridized carbons (Fsp3) is 0.474. The van der Waals surface area contributed by atoms with E-state index >= 15 is 0 Å². The molecule has 0 spiro atoms. The van der Waals surface area contributed by atoms with Gasteiger partial charge in [-0.05, 0) is 37.3 Å². The lowest BCUT2D eigenvalue weighted by molar-refractivity contribution is 0.296. The summed E-state index contributed by atoms with van der Waals surface area (Å²) < 4.78 is 7.82. The minimum absolute atomic E-state index is 0. The van der Waals surface area contributed by atoms with E-state index in [1.807, 2.05) is 19.4 Å². The van der Waals surface area contributed by atoms with E-state index in [0.717, 1.165) is 35.4 Å². The maximum absolute atomic E-state index is 6.03. The standard InChI is InChI=1S/C19H27N5O.HI/c1-14-4-7-17(18(8-14)25-13-15-5-6-15)11-22-19(20-2)21-9-16-10-23-24(3)12-16;/h4,7-8,10,12,15H,5-6,9,11,13H2,1-3H3,(H2,20,21,22);1H. The molecule has 0 radical (unpaired) electrons. The minimum Gasteiger partial charge on any atom is -0.493 e. The van der Waals surface area contributed by atoms with E-state index in [1.165, 1.54) is 18.4 Å². The van der Waals surface area contributed by atoms with Gasteiger partial charge in [0.05, 0.1) is 12.8 Å². The molecule has 0 amide bonds. The average molecular weight is 469 g/mol. The second kappa shape index (κ2) is 9.80. The molecule has 0 aliphatic heterocycles. The molecule has 26 heavy (non-hydrogen) atoms. The van der Waals surface area contributed by atoms with Crippen LogP contribution in [-0.4, -0.2) is 29.4 Å². The van der Waals surface area contributed by atoms with E-state index in [0.29, 0.717) is 13.1 Å². The Morgan fingerprint density at radius 2 is 2.08 bits per heavy atom. The van der Waals surface area contributed by atoms with Crippen molar-refractivity contribution >= 4 is 29.9 Å². The Hall–Kier alpha value is -1.77. The fourth-order valence-electron chi connectivity index (χ4n) is 2.58. The van der Waals surface area contributed by atoms with Gasteiger partial charge in [-0.25, -0.2) is 0 Å². The number of ether oxygens (including phenoxy) is 1. The van der Waals surface area contributed by atoms with E-state index in [2.05, 4.69) is 45.8 Å². The third-order valence-corrected chi connectivity index (χ3v) is 4.28. The topological polar surface area (TPSA) is 63.5 Å². The van der Waals surface area contributed by atoms with Gasteiger partial charge in [-0.3, -0.25) is 9.67 Å². The van der Waals surface area contributed by atoms with Crippen molar-refractivity contribution in [3.8, 4) is 5.75 Å². The maximum atomic E-state index is 6.03. The molecular weight excluding hydrogens is 441 g/mol. The zero-order valence-electron chi connectivity index (χ0n) is 15.7. The van der Waals surface area contributed by atoms with Crippen LogP contribution in [0.1, 0.15) is 29.5 Å². The molecule has 1 heterocycles. The van der Waals surface area contributed by atoms with Gasteiger partial charge >= 0.3 is 0 Å². The SMILES string of the molecule is CN=C(NCc1cnn(C)c1)NCc1ccc(C)cc1OCC1CC1.I. The fourth-order valence-corrected chi connectivity index (χ4v) is 2.58. The van der Waals surface area contributed by atoms with E-state index in [-0.39, 0.29) is 24.0 Å². The molecule has 2 aromatic rings. The van der Waals surface area contributed by atoms with Crippen molar-refractivity contribution in [3.05, 3.63) is 47.3 Å². The molecular formula is C19H28IN5O. The maximum Gasteiger partial charge on any atom is 0.191 e. The van der Waals surface area contributed by atoms with Crippen molar-refractivity contribution in [2.24, 2.45) is 18.0 Å². The number of aryl methyl sites for hydroxylation is 2. The molecule has 1 aliphatic carbocycles. The number of guanidine groups is 1. The highest BCUT2D eigenvalue weighted by Crippen LogP contribution is 2.30. The van der Waals surface area contributed by atoms with Gasteiger partial charge in [-0.1, -0.05) is 12.1 Å². The van der Waals surface area contributed by atoms with E-state index in [1.54, 1.807) is 11.7 Å². The number of halogens is 1. The van der Waals surface area contributed by atoms with Gasteiger partial charge in [0.15, 0.2) is 5.96 Å². The smallest absolute Gasteiger partial charge is 0.191 e. The Morgan fingerprint density at radius 3 is 2.73 bits per heavy atom. The monoisotopic (exact) mass is 469 g/mol. The Morgan fingerprint density at radius 1 is 1.31 bits per heavy atom.